The first-order valence-electron chi connectivity index (χ1n) is 13.4. The van der Waals surface area contributed by atoms with Crippen LogP contribution in [0.2, 0.25) is 10.0 Å². The van der Waals surface area contributed by atoms with E-state index >= 15 is 0 Å². The number of nitrogens with one attached hydrogen (secondary N) is 1. The highest BCUT2D eigenvalue weighted by Crippen LogP contribution is 2.45. The Balaban J connectivity index is 1.35. The molecule has 0 spiro atoms. The van der Waals surface area contributed by atoms with E-state index in [1.165, 1.54) is 19.2 Å². The summed E-state index contributed by atoms with van der Waals surface area (Å²) in [5.41, 5.74) is 5.30. The number of ether oxygens (including phenoxy) is 1. The Bertz CT molecular complexity index is 1760. The van der Waals surface area contributed by atoms with Gasteiger partial charge in [-0.3, -0.25) is 4.79 Å². The van der Waals surface area contributed by atoms with Crippen molar-refractivity contribution in [3.63, 3.8) is 0 Å². The van der Waals surface area contributed by atoms with Crippen LogP contribution in [-0.4, -0.2) is 28.0 Å². The molecule has 208 valence electrons. The fraction of sp³-hybridized carbons (Fsp3) is 0.212. The number of aliphatic hydroxyl groups excluding tert-OH is 1. The molecule has 1 fully saturated rings. The van der Waals surface area contributed by atoms with Crippen LogP contribution in [-0.2, 0) is 6.61 Å². The molecule has 0 aliphatic heterocycles. The van der Waals surface area contributed by atoms with Crippen molar-refractivity contribution < 1.29 is 19.0 Å². The number of carbonyl (C=O) groups excluding carboxylic acids is 1. The van der Waals surface area contributed by atoms with Gasteiger partial charge in [-0.15, -0.1) is 0 Å². The lowest BCUT2D eigenvalue weighted by Crippen LogP contribution is -2.10. The van der Waals surface area contributed by atoms with Gasteiger partial charge in [0.25, 0.3) is 0 Å². The molecule has 0 bridgehead atoms. The summed E-state index contributed by atoms with van der Waals surface area (Å²) in [6.07, 6.45) is 2.60. The number of aromatic nitrogens is 2. The lowest BCUT2D eigenvalue weighted by molar-refractivity contribution is 0.0970. The number of H-pyrrole nitrogens is 1. The normalized spacial score (nSPS) is 13.9. The minimum atomic E-state index is -0.496. The minimum absolute atomic E-state index is 0.0192. The van der Waals surface area contributed by atoms with E-state index in [1.807, 2.05) is 36.4 Å². The third-order valence-electron chi connectivity index (χ3n) is 7.79. The van der Waals surface area contributed by atoms with Gasteiger partial charge < -0.3 is 14.8 Å². The van der Waals surface area contributed by atoms with Crippen molar-refractivity contribution in [1.82, 2.24) is 9.97 Å². The van der Waals surface area contributed by atoms with Gasteiger partial charge in [-0.1, -0.05) is 59.6 Å². The summed E-state index contributed by atoms with van der Waals surface area (Å²) in [4.78, 5) is 21.3. The van der Waals surface area contributed by atoms with Crippen LogP contribution < -0.4 is 4.74 Å². The van der Waals surface area contributed by atoms with Crippen LogP contribution in [0.25, 0.3) is 33.5 Å². The third kappa shape index (κ3) is 5.47. The van der Waals surface area contributed by atoms with E-state index in [0.717, 1.165) is 18.4 Å². The van der Waals surface area contributed by atoms with Crippen molar-refractivity contribution >= 4 is 40.0 Å². The van der Waals surface area contributed by atoms with Gasteiger partial charge in [0, 0.05) is 45.3 Å². The van der Waals surface area contributed by atoms with Crippen molar-refractivity contribution in [2.45, 2.75) is 31.8 Å². The number of hydrogen-bond acceptors (Lipinski definition) is 4. The number of benzene rings is 4. The fourth-order valence-corrected chi connectivity index (χ4v) is 5.92. The summed E-state index contributed by atoms with van der Waals surface area (Å²) in [6, 6.07) is 21.4. The van der Waals surface area contributed by atoms with Crippen LogP contribution >= 0.6 is 23.2 Å². The average molecular weight is 589 g/mol. The Hall–Kier alpha value is -3.71. The van der Waals surface area contributed by atoms with Crippen molar-refractivity contribution in [2.24, 2.45) is 5.92 Å². The number of methoxy groups -OCH3 is 1. The molecule has 41 heavy (non-hydrogen) atoms. The largest absolute Gasteiger partial charge is 0.494 e. The van der Waals surface area contributed by atoms with E-state index in [-0.39, 0.29) is 24.1 Å². The van der Waals surface area contributed by atoms with Crippen molar-refractivity contribution in [3.8, 4) is 28.3 Å². The Morgan fingerprint density at radius 2 is 1.85 bits per heavy atom. The van der Waals surface area contributed by atoms with Crippen molar-refractivity contribution in [3.05, 3.63) is 105 Å². The van der Waals surface area contributed by atoms with E-state index in [1.54, 1.807) is 24.3 Å². The number of ketones is 1. The molecule has 6 rings (SSSR count). The fourth-order valence-electron chi connectivity index (χ4n) is 5.52. The third-order valence-corrected chi connectivity index (χ3v) is 8.35. The van der Waals surface area contributed by atoms with Gasteiger partial charge in [-0.25, -0.2) is 9.37 Å². The van der Waals surface area contributed by atoms with E-state index < -0.39 is 5.82 Å². The molecule has 8 heteroatoms. The van der Waals surface area contributed by atoms with Crippen LogP contribution in [0.5, 0.6) is 5.75 Å². The summed E-state index contributed by atoms with van der Waals surface area (Å²) >= 11 is 12.8. The molecule has 5 aromatic rings. The number of aliphatic hydroxyl groups is 1. The molecule has 0 amide bonds. The molecule has 1 saturated carbocycles. The van der Waals surface area contributed by atoms with Crippen molar-refractivity contribution in [1.29, 1.82) is 0 Å². The van der Waals surface area contributed by atoms with Gasteiger partial charge in [0.2, 0.25) is 0 Å². The molecule has 0 saturated heterocycles. The van der Waals surface area contributed by atoms with Crippen LogP contribution in [0.15, 0.2) is 72.8 Å². The number of halogens is 3. The number of rotatable bonds is 9. The maximum atomic E-state index is 14.3. The van der Waals surface area contributed by atoms with Gasteiger partial charge in [0.1, 0.15) is 5.82 Å². The molecule has 4 aromatic carbocycles. The zero-order chi connectivity index (χ0) is 28.7. The predicted octanol–water partition coefficient (Wildman–Crippen LogP) is 8.61. The molecule has 1 aliphatic carbocycles. The molecule has 1 aromatic heterocycles. The van der Waals surface area contributed by atoms with E-state index in [0.29, 0.717) is 67.1 Å². The maximum Gasteiger partial charge on any atom is 0.167 e. The molecule has 1 atom stereocenters. The van der Waals surface area contributed by atoms with Crippen LogP contribution in [0.1, 0.15) is 46.7 Å². The van der Waals surface area contributed by atoms with Gasteiger partial charge in [0.05, 0.1) is 24.8 Å². The predicted molar refractivity (Wildman–Crippen MR) is 160 cm³/mol. The summed E-state index contributed by atoms with van der Waals surface area (Å²) in [5.74, 6) is 0.729. The van der Waals surface area contributed by atoms with Crippen LogP contribution in [0.4, 0.5) is 4.39 Å². The van der Waals surface area contributed by atoms with Crippen molar-refractivity contribution in [2.75, 3.05) is 7.11 Å². The highest BCUT2D eigenvalue weighted by molar-refractivity contribution is 6.34. The molecule has 1 aliphatic rings. The zero-order valence-electron chi connectivity index (χ0n) is 22.3. The summed E-state index contributed by atoms with van der Waals surface area (Å²) < 4.78 is 19.4. The van der Waals surface area contributed by atoms with E-state index in [4.69, 9.17) is 27.9 Å². The lowest BCUT2D eigenvalue weighted by atomic mass is 9.86. The Morgan fingerprint density at radius 1 is 1.07 bits per heavy atom. The maximum absolute atomic E-state index is 14.3. The molecular formula is C33H27Cl2FN2O3. The number of fused-ring (bicyclic) bond motifs is 1. The summed E-state index contributed by atoms with van der Waals surface area (Å²) in [6.45, 7) is -0.285. The first-order chi connectivity index (χ1) is 19.9. The number of hydrogen-bond donors (Lipinski definition) is 2. The number of imidazole rings is 1. The second-order valence-corrected chi connectivity index (χ2v) is 11.2. The van der Waals surface area contributed by atoms with Gasteiger partial charge >= 0.3 is 0 Å². The second kappa shape index (κ2) is 11.3. The Labute approximate surface area is 246 Å². The monoisotopic (exact) mass is 588 g/mol. The quantitative estimate of drug-likeness (QED) is 0.169. The minimum Gasteiger partial charge on any atom is -0.494 e. The molecule has 5 nitrogen and oxygen atoms in total. The molecule has 0 radical (unpaired) electrons. The Kier molecular flexibility index (Phi) is 7.56. The van der Waals surface area contributed by atoms with Gasteiger partial charge in [-0.2, -0.15) is 0 Å². The second-order valence-electron chi connectivity index (χ2n) is 10.4. The number of Topliss-reactive ketones (excluding diaryl/α,β-unsaturated/α-hetero) is 1. The highest BCUT2D eigenvalue weighted by atomic mass is 35.5. The van der Waals surface area contributed by atoms with E-state index in [9.17, 15) is 14.3 Å². The number of aromatic amines is 1. The zero-order valence-corrected chi connectivity index (χ0v) is 23.8. The molecule has 2 N–H and O–H groups in total. The highest BCUT2D eigenvalue weighted by Gasteiger charge is 2.34. The summed E-state index contributed by atoms with van der Waals surface area (Å²) in [7, 11) is 1.40. The number of carbonyl (C=O) groups is 1. The molecule has 1 heterocycles. The molecule has 1 unspecified atom stereocenters. The smallest absolute Gasteiger partial charge is 0.167 e. The topological polar surface area (TPSA) is 75.2 Å². The van der Waals surface area contributed by atoms with Crippen LogP contribution in [0, 0.1) is 11.7 Å². The molecular weight excluding hydrogens is 562 g/mol. The SMILES string of the molecule is COc1cc2nc(-c3cccc(Cl)c3-c3ccc(C(=O)CC(c4ccc(Cl)cc4)C4CC4)cc3CO)[nH]c2cc1F. The first kappa shape index (κ1) is 27.5. The first-order valence-corrected chi connectivity index (χ1v) is 14.2. The summed E-state index contributed by atoms with van der Waals surface area (Å²) in [5, 5.41) is 11.5. The average Bonchev–Trinajstić information content (AvgIpc) is 3.74. The standard InChI is InChI=1S/C33H27Cl2FN2O3/c1-41-31-16-29-28(15-27(31)36)37-33(38-29)24-3-2-4-26(35)32(24)23-12-9-20(13-21(23)17-39)30(40)14-25(18-5-6-18)19-7-10-22(34)11-8-19/h2-4,7-13,15-16,18,25,39H,5-6,14,17H2,1H3,(H,37,38). The van der Waals surface area contributed by atoms with Gasteiger partial charge in [-0.05, 0) is 65.6 Å². The Morgan fingerprint density at radius 3 is 2.56 bits per heavy atom. The lowest BCUT2D eigenvalue weighted by Gasteiger charge is -2.18. The van der Waals surface area contributed by atoms with E-state index in [2.05, 4.69) is 9.97 Å². The van der Waals surface area contributed by atoms with Gasteiger partial charge in [0.15, 0.2) is 17.3 Å². The number of nitrogens with zero attached hydrogens (tertiary/aromatic N) is 1. The van der Waals surface area contributed by atoms with Crippen LogP contribution in [0.3, 0.4) is 0 Å².